The Labute approximate surface area is 227 Å². The van der Waals surface area contributed by atoms with Gasteiger partial charge in [-0.1, -0.05) is 199 Å². The molecule has 0 heterocycles. The molecule has 2 nitrogen and oxygen atoms in total. The zero-order valence-corrected chi connectivity index (χ0v) is 24.8. The largest absolute Gasteiger partial charge is 0.466 e. The molecule has 0 saturated heterocycles. The summed E-state index contributed by atoms with van der Waals surface area (Å²) in [5.41, 5.74) is 0. The molecule has 3 rings (SSSR count). The first-order valence-electron chi connectivity index (χ1n) is 16.5. The van der Waals surface area contributed by atoms with Crippen LogP contribution in [0.1, 0.15) is 193 Å². The first kappa shape index (κ1) is 35.2. The van der Waals surface area contributed by atoms with E-state index in [-0.39, 0.29) is 0 Å². The van der Waals surface area contributed by atoms with Crippen molar-refractivity contribution in [1.82, 2.24) is 0 Å². The summed E-state index contributed by atoms with van der Waals surface area (Å²) >= 11 is 0. The molecule has 0 aromatic rings. The Morgan fingerprint density at radius 2 is 0.500 bits per heavy atom. The minimum atomic E-state index is -0.394. The Hall–Kier alpha value is -0.790. The quantitative estimate of drug-likeness (QED) is 0.261. The third-order valence-corrected chi connectivity index (χ3v) is 7.87. The molecule has 0 atom stereocenters. The van der Waals surface area contributed by atoms with E-state index in [1.165, 1.54) is 200 Å². The van der Waals surface area contributed by atoms with Gasteiger partial charge in [0.2, 0.25) is 0 Å². The minimum absolute atomic E-state index is 0.394. The summed E-state index contributed by atoms with van der Waals surface area (Å²) in [5, 5.41) is 0. The molecule has 0 unspecified atom stereocenters. The number of carbonyl (C=O) groups is 1. The highest BCUT2D eigenvalue weighted by atomic mass is 16.5. The first-order chi connectivity index (χ1) is 17.8. The molecule has 0 N–H and O–H groups in total. The van der Waals surface area contributed by atoms with Gasteiger partial charge in [-0.3, -0.25) is 0 Å². The monoisotopic (exact) mass is 507 g/mol. The SMILES string of the molecule is C1CCCCCCCCC1.C1CCCCCCCCC1.C1CCCCCCCCC1.C=CC(=O)OC. The maximum Gasteiger partial charge on any atom is 0.329 e. The van der Waals surface area contributed by atoms with Crippen LogP contribution in [-0.4, -0.2) is 13.1 Å². The second-order valence-corrected chi connectivity index (χ2v) is 11.3. The number of methoxy groups -OCH3 is 1. The fourth-order valence-corrected chi connectivity index (χ4v) is 5.39. The summed E-state index contributed by atoms with van der Waals surface area (Å²) in [5.74, 6) is -0.394. The van der Waals surface area contributed by atoms with Crippen LogP contribution in [0.5, 0.6) is 0 Å². The summed E-state index contributed by atoms with van der Waals surface area (Å²) in [7, 11) is 1.31. The molecule has 0 bridgehead atoms. The average Bonchev–Trinajstić information content (AvgIpc) is 2.94. The Morgan fingerprint density at radius 3 is 0.528 bits per heavy atom. The predicted octanol–water partition coefficient (Wildman–Crippen LogP) is 12.0. The van der Waals surface area contributed by atoms with Crippen molar-refractivity contribution >= 4 is 5.97 Å². The molecular formula is C34H66O2. The van der Waals surface area contributed by atoms with E-state index in [4.69, 9.17) is 0 Å². The van der Waals surface area contributed by atoms with E-state index in [9.17, 15) is 4.79 Å². The number of hydrogen-bond acceptors (Lipinski definition) is 2. The van der Waals surface area contributed by atoms with Gasteiger partial charge >= 0.3 is 5.97 Å². The van der Waals surface area contributed by atoms with Crippen molar-refractivity contribution in [2.45, 2.75) is 193 Å². The molecule has 0 radical (unpaired) electrons. The molecule has 0 spiro atoms. The number of esters is 1. The van der Waals surface area contributed by atoms with Gasteiger partial charge in [-0.25, -0.2) is 4.79 Å². The molecule has 3 aliphatic carbocycles. The van der Waals surface area contributed by atoms with Crippen molar-refractivity contribution in [2.75, 3.05) is 7.11 Å². The highest BCUT2D eigenvalue weighted by Crippen LogP contribution is 2.17. The van der Waals surface area contributed by atoms with E-state index in [2.05, 4.69) is 11.3 Å². The van der Waals surface area contributed by atoms with Gasteiger partial charge in [-0.2, -0.15) is 0 Å². The van der Waals surface area contributed by atoms with E-state index in [0.29, 0.717) is 0 Å². The first-order valence-corrected chi connectivity index (χ1v) is 16.5. The molecule has 0 amide bonds. The molecule has 3 fully saturated rings. The molecule has 214 valence electrons. The van der Waals surface area contributed by atoms with Gasteiger partial charge in [0.1, 0.15) is 0 Å². The molecule has 0 aromatic carbocycles. The normalized spacial score (nSPS) is 21.1. The molecular weight excluding hydrogens is 440 g/mol. The van der Waals surface area contributed by atoms with Crippen molar-refractivity contribution in [3.05, 3.63) is 12.7 Å². The van der Waals surface area contributed by atoms with Gasteiger partial charge in [0.15, 0.2) is 0 Å². The zero-order chi connectivity index (χ0) is 26.2. The molecule has 3 aliphatic rings. The van der Waals surface area contributed by atoms with E-state index in [1.807, 2.05) is 0 Å². The third kappa shape index (κ3) is 31.2. The standard InChI is InChI=1S/3C10H20.C4H6O2/c3*1-2-4-6-8-10-9-7-5-3-1;1-3-4(5)6-2/h3*1-10H2;3H,1H2,2H3. The van der Waals surface area contributed by atoms with E-state index in [0.717, 1.165) is 6.08 Å². The summed E-state index contributed by atoms with van der Waals surface area (Å²) in [6.45, 7) is 3.16. The van der Waals surface area contributed by atoms with Crippen LogP contribution < -0.4 is 0 Å². The Bertz CT molecular complexity index is 284. The number of hydrogen-bond donors (Lipinski definition) is 0. The van der Waals surface area contributed by atoms with Crippen molar-refractivity contribution in [1.29, 1.82) is 0 Å². The number of carbonyl (C=O) groups excluding carboxylic acids is 1. The van der Waals surface area contributed by atoms with Gasteiger partial charge in [-0.05, 0) is 0 Å². The predicted molar refractivity (Wildman–Crippen MR) is 161 cm³/mol. The van der Waals surface area contributed by atoms with Crippen LogP contribution >= 0.6 is 0 Å². The Balaban J connectivity index is 0.000000462. The second kappa shape index (κ2) is 32.2. The van der Waals surface area contributed by atoms with Gasteiger partial charge in [0.05, 0.1) is 7.11 Å². The molecule has 0 aromatic heterocycles. The topological polar surface area (TPSA) is 26.3 Å². The van der Waals surface area contributed by atoms with Crippen molar-refractivity contribution in [2.24, 2.45) is 0 Å². The second-order valence-electron chi connectivity index (χ2n) is 11.3. The maximum absolute atomic E-state index is 9.84. The zero-order valence-electron chi connectivity index (χ0n) is 24.8. The minimum Gasteiger partial charge on any atom is -0.466 e. The molecule has 3 saturated carbocycles. The van der Waals surface area contributed by atoms with Crippen LogP contribution in [0.3, 0.4) is 0 Å². The lowest BCUT2D eigenvalue weighted by molar-refractivity contribution is -0.134. The van der Waals surface area contributed by atoms with Crippen molar-refractivity contribution < 1.29 is 9.53 Å². The lowest BCUT2D eigenvalue weighted by Crippen LogP contribution is -1.91. The van der Waals surface area contributed by atoms with E-state index >= 15 is 0 Å². The Kier molecular flexibility index (Phi) is 31.5. The van der Waals surface area contributed by atoms with Crippen molar-refractivity contribution in [3.8, 4) is 0 Å². The highest BCUT2D eigenvalue weighted by molar-refractivity contribution is 5.80. The van der Waals surface area contributed by atoms with Crippen molar-refractivity contribution in [3.63, 3.8) is 0 Å². The summed E-state index contributed by atoms with van der Waals surface area (Å²) in [4.78, 5) is 9.84. The third-order valence-electron chi connectivity index (χ3n) is 7.87. The van der Waals surface area contributed by atoms with E-state index in [1.54, 1.807) is 0 Å². The maximum atomic E-state index is 9.84. The lowest BCUT2D eigenvalue weighted by Gasteiger charge is -2.05. The molecule has 0 aliphatic heterocycles. The fourth-order valence-electron chi connectivity index (χ4n) is 5.39. The highest BCUT2D eigenvalue weighted by Gasteiger charge is 1.97. The smallest absolute Gasteiger partial charge is 0.329 e. The lowest BCUT2D eigenvalue weighted by atomic mass is 10.0. The summed E-state index contributed by atoms with van der Waals surface area (Å²) in [6, 6.07) is 0. The van der Waals surface area contributed by atoms with Crippen LogP contribution in [-0.2, 0) is 9.53 Å². The fraction of sp³-hybridized carbons (Fsp3) is 0.912. The number of ether oxygens (including phenoxy) is 1. The molecule has 36 heavy (non-hydrogen) atoms. The van der Waals surface area contributed by atoms with Crippen LogP contribution in [0.25, 0.3) is 0 Å². The summed E-state index contributed by atoms with van der Waals surface area (Å²) in [6.07, 6.45) is 46.1. The van der Waals surface area contributed by atoms with Gasteiger partial charge in [0, 0.05) is 6.08 Å². The van der Waals surface area contributed by atoms with Crippen LogP contribution in [0, 0.1) is 0 Å². The van der Waals surface area contributed by atoms with Crippen LogP contribution in [0.2, 0.25) is 0 Å². The van der Waals surface area contributed by atoms with Crippen LogP contribution in [0.15, 0.2) is 12.7 Å². The average molecular weight is 507 g/mol. The molecule has 2 heteroatoms. The number of rotatable bonds is 1. The van der Waals surface area contributed by atoms with Gasteiger partial charge in [0.25, 0.3) is 0 Å². The van der Waals surface area contributed by atoms with Gasteiger partial charge in [-0.15, -0.1) is 0 Å². The van der Waals surface area contributed by atoms with Gasteiger partial charge < -0.3 is 4.74 Å². The van der Waals surface area contributed by atoms with E-state index < -0.39 is 5.97 Å². The Morgan fingerprint density at radius 1 is 0.389 bits per heavy atom. The van der Waals surface area contributed by atoms with Crippen LogP contribution in [0.4, 0.5) is 0 Å². The summed E-state index contributed by atoms with van der Waals surface area (Å²) < 4.78 is 4.14.